The summed E-state index contributed by atoms with van der Waals surface area (Å²) < 4.78 is 4.02. The van der Waals surface area contributed by atoms with E-state index in [4.69, 9.17) is 5.11 Å². The molecule has 0 saturated carbocycles. The Morgan fingerprint density at radius 2 is 2.39 bits per heavy atom. The third kappa shape index (κ3) is 2.91. The van der Waals surface area contributed by atoms with E-state index in [1.807, 2.05) is 6.26 Å². The molecule has 98 valence electrons. The first-order valence-corrected chi connectivity index (χ1v) is 7.26. The number of carboxylic acid groups (broad SMARTS) is 1. The average Bonchev–Trinajstić information content (AvgIpc) is 2.97. The number of likely N-dealkylation sites (tertiary alicyclic amines) is 1. The molecule has 2 heterocycles. The van der Waals surface area contributed by atoms with Crippen LogP contribution in [0.15, 0.2) is 5.16 Å². The van der Waals surface area contributed by atoms with Gasteiger partial charge in [0.2, 0.25) is 10.3 Å². The summed E-state index contributed by atoms with van der Waals surface area (Å²) in [5.74, 6) is -1.32. The number of carbonyl (C=O) groups is 2. The second-order valence-corrected chi connectivity index (χ2v) is 5.31. The van der Waals surface area contributed by atoms with Gasteiger partial charge < -0.3 is 10.0 Å². The smallest absolute Gasteiger partial charge is 0.323 e. The molecule has 1 aromatic rings. The summed E-state index contributed by atoms with van der Waals surface area (Å²) in [7, 11) is 0. The van der Waals surface area contributed by atoms with Crippen LogP contribution in [-0.2, 0) is 4.79 Å². The molecule has 1 aromatic heterocycles. The number of aromatic nitrogens is 2. The van der Waals surface area contributed by atoms with Gasteiger partial charge in [-0.2, -0.15) is 9.36 Å². The van der Waals surface area contributed by atoms with Gasteiger partial charge in [0.05, 0.1) is 5.92 Å². The Kier molecular flexibility index (Phi) is 4.02. The number of nitrogens with zero attached hydrogens (tertiary/aromatic N) is 3. The summed E-state index contributed by atoms with van der Waals surface area (Å²) >= 11 is 2.51. The number of aliphatic carboxylic acids is 1. The molecule has 1 unspecified atom stereocenters. The van der Waals surface area contributed by atoms with E-state index >= 15 is 0 Å². The van der Waals surface area contributed by atoms with Crippen LogP contribution in [0.5, 0.6) is 0 Å². The summed E-state index contributed by atoms with van der Waals surface area (Å²) in [4.78, 5) is 28.2. The lowest BCUT2D eigenvalue weighted by atomic mass is 10.1. The molecule has 1 fully saturated rings. The minimum Gasteiger partial charge on any atom is -0.481 e. The predicted molar refractivity (Wildman–Crippen MR) is 68.0 cm³/mol. The Balaban J connectivity index is 1.91. The van der Waals surface area contributed by atoms with Gasteiger partial charge in [-0.25, -0.2) is 4.79 Å². The van der Waals surface area contributed by atoms with Gasteiger partial charge >= 0.3 is 12.0 Å². The molecule has 2 amide bonds. The number of amides is 2. The van der Waals surface area contributed by atoms with E-state index in [2.05, 4.69) is 14.7 Å². The van der Waals surface area contributed by atoms with E-state index in [1.54, 1.807) is 0 Å². The zero-order valence-electron chi connectivity index (χ0n) is 9.62. The van der Waals surface area contributed by atoms with Crippen molar-refractivity contribution in [3.05, 3.63) is 0 Å². The molecule has 7 nitrogen and oxygen atoms in total. The van der Waals surface area contributed by atoms with Gasteiger partial charge in [-0.15, -0.1) is 0 Å². The van der Waals surface area contributed by atoms with Crippen LogP contribution in [0, 0.1) is 5.92 Å². The average molecular weight is 288 g/mol. The zero-order valence-corrected chi connectivity index (χ0v) is 11.3. The summed E-state index contributed by atoms with van der Waals surface area (Å²) in [6, 6.07) is -0.317. The van der Waals surface area contributed by atoms with Crippen LogP contribution < -0.4 is 5.32 Å². The van der Waals surface area contributed by atoms with Crippen LogP contribution in [0.1, 0.15) is 6.42 Å². The van der Waals surface area contributed by atoms with Crippen LogP contribution in [-0.4, -0.2) is 50.7 Å². The SMILES string of the molecule is CSc1nsc(NC(=O)N2CCC(C(=O)O)C2)n1. The van der Waals surface area contributed by atoms with Gasteiger partial charge in [-0.05, 0) is 12.7 Å². The maximum absolute atomic E-state index is 11.8. The number of carboxylic acids is 1. The molecular weight excluding hydrogens is 276 g/mol. The lowest BCUT2D eigenvalue weighted by Crippen LogP contribution is -2.33. The largest absolute Gasteiger partial charge is 0.481 e. The summed E-state index contributed by atoms with van der Waals surface area (Å²) in [6.07, 6.45) is 2.35. The lowest BCUT2D eigenvalue weighted by molar-refractivity contribution is -0.141. The van der Waals surface area contributed by atoms with Crippen LogP contribution in [0.4, 0.5) is 9.93 Å². The molecule has 9 heteroatoms. The molecule has 0 bridgehead atoms. The predicted octanol–water partition coefficient (Wildman–Crippen LogP) is 1.20. The Bertz CT molecular complexity index is 464. The van der Waals surface area contributed by atoms with Crippen molar-refractivity contribution in [1.82, 2.24) is 14.3 Å². The molecule has 1 aliphatic rings. The summed E-state index contributed by atoms with van der Waals surface area (Å²) in [6.45, 7) is 0.701. The van der Waals surface area contributed by atoms with Crippen molar-refractivity contribution in [3.63, 3.8) is 0 Å². The maximum Gasteiger partial charge on any atom is 0.323 e. The molecule has 1 atom stereocenters. The Morgan fingerprint density at radius 3 is 2.94 bits per heavy atom. The fourth-order valence-corrected chi connectivity index (χ4v) is 2.78. The standard InChI is InChI=1S/C9H12N4O3S2/c1-17-8-10-7(18-12-8)11-9(16)13-3-2-5(4-13)6(14)15/h5H,2-4H2,1H3,(H,14,15)(H,10,11,12,16). The normalized spacial score (nSPS) is 18.9. The summed E-state index contributed by atoms with van der Waals surface area (Å²) in [5, 5.41) is 12.5. The van der Waals surface area contributed by atoms with Crippen LogP contribution >= 0.6 is 23.3 Å². The van der Waals surface area contributed by atoms with E-state index < -0.39 is 11.9 Å². The van der Waals surface area contributed by atoms with Crippen molar-refractivity contribution in [2.24, 2.45) is 5.92 Å². The molecule has 0 spiro atoms. The highest BCUT2D eigenvalue weighted by molar-refractivity contribution is 7.98. The minimum absolute atomic E-state index is 0.245. The van der Waals surface area contributed by atoms with Crippen LogP contribution in [0.25, 0.3) is 0 Å². The quantitative estimate of drug-likeness (QED) is 0.811. The highest BCUT2D eigenvalue weighted by Crippen LogP contribution is 2.20. The molecule has 1 saturated heterocycles. The van der Waals surface area contributed by atoms with E-state index in [0.29, 0.717) is 23.3 Å². The maximum atomic E-state index is 11.8. The van der Waals surface area contributed by atoms with Crippen molar-refractivity contribution in [1.29, 1.82) is 0 Å². The highest BCUT2D eigenvalue weighted by atomic mass is 32.2. The Labute approximate surface area is 112 Å². The topological polar surface area (TPSA) is 95.4 Å². The number of urea groups is 1. The van der Waals surface area contributed by atoms with Crippen LogP contribution in [0.2, 0.25) is 0 Å². The number of hydrogen-bond acceptors (Lipinski definition) is 6. The first-order valence-electron chi connectivity index (χ1n) is 5.26. The van der Waals surface area contributed by atoms with Gasteiger partial charge in [0.15, 0.2) is 0 Å². The van der Waals surface area contributed by atoms with Gasteiger partial charge in [0.25, 0.3) is 0 Å². The molecule has 1 aliphatic heterocycles. The third-order valence-corrected chi connectivity index (χ3v) is 3.92. The number of anilines is 1. The minimum atomic E-state index is -0.856. The molecule has 2 rings (SSSR count). The number of hydrogen-bond donors (Lipinski definition) is 2. The molecule has 2 N–H and O–H groups in total. The number of thioether (sulfide) groups is 1. The zero-order chi connectivity index (χ0) is 13.1. The molecule has 0 aliphatic carbocycles. The molecular formula is C9H12N4O3S2. The van der Waals surface area contributed by atoms with Crippen molar-refractivity contribution < 1.29 is 14.7 Å². The number of rotatable bonds is 3. The van der Waals surface area contributed by atoms with Gasteiger partial charge in [-0.1, -0.05) is 11.8 Å². The fraction of sp³-hybridized carbons (Fsp3) is 0.556. The third-order valence-electron chi connectivity index (χ3n) is 2.63. The first-order chi connectivity index (χ1) is 8.60. The fourth-order valence-electron chi connectivity index (χ4n) is 1.66. The van der Waals surface area contributed by atoms with E-state index in [1.165, 1.54) is 16.7 Å². The number of carbonyl (C=O) groups excluding carboxylic acids is 1. The Morgan fingerprint density at radius 1 is 1.61 bits per heavy atom. The Hall–Kier alpha value is -1.35. The second-order valence-electron chi connectivity index (χ2n) is 3.79. The number of nitrogens with one attached hydrogen (secondary N) is 1. The van der Waals surface area contributed by atoms with Crippen molar-refractivity contribution >= 4 is 40.4 Å². The van der Waals surface area contributed by atoms with Crippen molar-refractivity contribution in [2.75, 3.05) is 24.7 Å². The monoisotopic (exact) mass is 288 g/mol. The second kappa shape index (κ2) is 5.53. The highest BCUT2D eigenvalue weighted by Gasteiger charge is 2.31. The first kappa shape index (κ1) is 13.1. The van der Waals surface area contributed by atoms with Crippen LogP contribution in [0.3, 0.4) is 0 Å². The van der Waals surface area contributed by atoms with Gasteiger partial charge in [0.1, 0.15) is 0 Å². The van der Waals surface area contributed by atoms with Crippen molar-refractivity contribution in [2.45, 2.75) is 11.6 Å². The van der Waals surface area contributed by atoms with E-state index in [9.17, 15) is 9.59 Å². The van der Waals surface area contributed by atoms with Gasteiger partial charge in [0, 0.05) is 24.6 Å². The summed E-state index contributed by atoms with van der Waals surface area (Å²) in [5.41, 5.74) is 0. The molecule has 18 heavy (non-hydrogen) atoms. The lowest BCUT2D eigenvalue weighted by Gasteiger charge is -2.14. The van der Waals surface area contributed by atoms with E-state index in [0.717, 1.165) is 11.5 Å². The molecule has 0 radical (unpaired) electrons. The van der Waals surface area contributed by atoms with E-state index in [-0.39, 0.29) is 12.6 Å². The van der Waals surface area contributed by atoms with Gasteiger partial charge in [-0.3, -0.25) is 10.1 Å². The van der Waals surface area contributed by atoms with Crippen molar-refractivity contribution in [3.8, 4) is 0 Å². The molecule has 0 aromatic carbocycles.